The Kier molecular flexibility index (Phi) is 4.56. The average Bonchev–Trinajstić information content (AvgIpc) is 3.17. The summed E-state index contributed by atoms with van der Waals surface area (Å²) in [7, 11) is 0. The molecule has 22 heavy (non-hydrogen) atoms. The van der Waals surface area contributed by atoms with E-state index in [1.165, 1.54) is 25.7 Å². The van der Waals surface area contributed by atoms with Crippen LogP contribution in [0.15, 0.2) is 30.3 Å². The van der Waals surface area contributed by atoms with Gasteiger partial charge in [-0.1, -0.05) is 50.1 Å². The van der Waals surface area contributed by atoms with Crippen molar-refractivity contribution < 1.29 is 4.79 Å². The maximum absolute atomic E-state index is 12.4. The second-order valence-corrected chi connectivity index (χ2v) is 6.05. The molecule has 0 bridgehead atoms. The van der Waals surface area contributed by atoms with Gasteiger partial charge in [0.25, 0.3) is 0 Å². The van der Waals surface area contributed by atoms with Gasteiger partial charge in [-0.05, 0) is 25.2 Å². The van der Waals surface area contributed by atoms with E-state index < -0.39 is 0 Å². The van der Waals surface area contributed by atoms with Crippen LogP contribution in [-0.4, -0.2) is 16.1 Å². The lowest BCUT2D eigenvalue weighted by Gasteiger charge is -2.11. The van der Waals surface area contributed by atoms with Gasteiger partial charge in [0.2, 0.25) is 5.91 Å². The van der Waals surface area contributed by atoms with Crippen LogP contribution in [0.3, 0.4) is 0 Å². The molecular formula is C18H23N3O. The van der Waals surface area contributed by atoms with Gasteiger partial charge >= 0.3 is 0 Å². The minimum atomic E-state index is 0.111. The van der Waals surface area contributed by atoms with Crippen molar-refractivity contribution in [2.45, 2.75) is 45.4 Å². The maximum Gasteiger partial charge on any atom is 0.224 e. The first-order valence-electron chi connectivity index (χ1n) is 8.20. The molecular weight excluding hydrogens is 274 g/mol. The summed E-state index contributed by atoms with van der Waals surface area (Å²) in [6, 6.07) is 9.99. The zero-order valence-corrected chi connectivity index (χ0v) is 13.1. The molecule has 4 heteroatoms. The van der Waals surface area contributed by atoms with E-state index in [0.717, 1.165) is 29.1 Å². The Labute approximate surface area is 131 Å². The van der Waals surface area contributed by atoms with Gasteiger partial charge in [-0.15, -0.1) is 0 Å². The quantitative estimate of drug-likeness (QED) is 0.870. The first kappa shape index (κ1) is 14.8. The number of hydrogen-bond acceptors (Lipinski definition) is 2. The number of amides is 1. The van der Waals surface area contributed by atoms with Crippen molar-refractivity contribution in [1.29, 1.82) is 0 Å². The van der Waals surface area contributed by atoms with Crippen LogP contribution in [0.5, 0.6) is 0 Å². The van der Waals surface area contributed by atoms with Gasteiger partial charge in [-0.3, -0.25) is 9.89 Å². The number of rotatable bonds is 5. The summed E-state index contributed by atoms with van der Waals surface area (Å²) in [6.45, 7) is 2.06. The molecule has 1 aromatic carbocycles. The predicted molar refractivity (Wildman–Crippen MR) is 88.6 cm³/mol. The fraction of sp³-hybridized carbons (Fsp3) is 0.444. The summed E-state index contributed by atoms with van der Waals surface area (Å²) in [5.74, 6) is 0.664. The van der Waals surface area contributed by atoms with Gasteiger partial charge in [-0.2, -0.15) is 5.10 Å². The number of aryl methyl sites for hydroxylation is 1. The molecule has 4 nitrogen and oxygen atoms in total. The van der Waals surface area contributed by atoms with E-state index in [0.29, 0.717) is 12.3 Å². The molecule has 2 N–H and O–H groups in total. The first-order valence-corrected chi connectivity index (χ1v) is 8.20. The molecule has 0 spiro atoms. The fourth-order valence-corrected chi connectivity index (χ4v) is 3.24. The summed E-state index contributed by atoms with van der Waals surface area (Å²) in [5.41, 5.74) is 3.68. The standard InChI is InChI=1S/C18H23N3O/c1-2-15-18(19-16(22)12-13-8-6-7-9-13)17(21-20-15)14-10-4-3-5-11-14/h3-5,10-11,13H,2,6-9,12H2,1H3,(H,19,22)(H,20,21). The highest BCUT2D eigenvalue weighted by atomic mass is 16.1. The molecule has 1 aromatic heterocycles. The van der Waals surface area contributed by atoms with Gasteiger partial charge in [0.1, 0.15) is 5.69 Å². The van der Waals surface area contributed by atoms with Crippen molar-refractivity contribution in [2.24, 2.45) is 5.92 Å². The number of carbonyl (C=O) groups is 1. The van der Waals surface area contributed by atoms with Gasteiger partial charge in [0.05, 0.1) is 11.4 Å². The first-order chi connectivity index (χ1) is 10.8. The molecule has 3 rings (SSSR count). The van der Waals surface area contributed by atoms with E-state index in [1.54, 1.807) is 0 Å². The van der Waals surface area contributed by atoms with Crippen LogP contribution >= 0.6 is 0 Å². The number of anilines is 1. The lowest BCUT2D eigenvalue weighted by Crippen LogP contribution is -2.16. The van der Waals surface area contributed by atoms with E-state index in [9.17, 15) is 4.79 Å². The predicted octanol–water partition coefficient (Wildman–Crippen LogP) is 4.16. The molecule has 1 aliphatic rings. The summed E-state index contributed by atoms with van der Waals surface area (Å²) in [5, 5.41) is 10.6. The largest absolute Gasteiger partial charge is 0.323 e. The molecule has 1 amide bonds. The fourth-order valence-electron chi connectivity index (χ4n) is 3.24. The van der Waals surface area contributed by atoms with Crippen molar-refractivity contribution in [3.05, 3.63) is 36.0 Å². The molecule has 0 aliphatic heterocycles. The van der Waals surface area contributed by atoms with Crippen molar-refractivity contribution in [3.63, 3.8) is 0 Å². The van der Waals surface area contributed by atoms with Crippen molar-refractivity contribution in [3.8, 4) is 11.3 Å². The molecule has 0 unspecified atom stereocenters. The van der Waals surface area contributed by atoms with Crippen molar-refractivity contribution in [2.75, 3.05) is 5.32 Å². The van der Waals surface area contributed by atoms with Crippen molar-refractivity contribution >= 4 is 11.6 Å². The Morgan fingerprint density at radius 3 is 2.68 bits per heavy atom. The zero-order chi connectivity index (χ0) is 15.4. The third kappa shape index (κ3) is 3.21. The smallest absolute Gasteiger partial charge is 0.224 e. The highest BCUT2D eigenvalue weighted by Crippen LogP contribution is 2.31. The third-order valence-corrected chi connectivity index (χ3v) is 4.46. The Hall–Kier alpha value is -2.10. The number of nitrogens with one attached hydrogen (secondary N) is 2. The van der Waals surface area contributed by atoms with Crippen LogP contribution < -0.4 is 5.32 Å². The summed E-state index contributed by atoms with van der Waals surface area (Å²) < 4.78 is 0. The van der Waals surface area contributed by atoms with E-state index in [4.69, 9.17) is 0 Å². The molecule has 1 heterocycles. The number of aromatic amines is 1. The Balaban J connectivity index is 1.79. The van der Waals surface area contributed by atoms with Crippen LogP contribution in [0.25, 0.3) is 11.3 Å². The normalized spacial score (nSPS) is 15.1. The van der Waals surface area contributed by atoms with Crippen LogP contribution in [0.4, 0.5) is 5.69 Å². The Morgan fingerprint density at radius 1 is 1.27 bits per heavy atom. The van der Waals surface area contributed by atoms with Gasteiger partial charge in [0, 0.05) is 12.0 Å². The van der Waals surface area contributed by atoms with E-state index in [2.05, 4.69) is 22.4 Å². The second kappa shape index (κ2) is 6.77. The topological polar surface area (TPSA) is 57.8 Å². The number of benzene rings is 1. The molecule has 1 fully saturated rings. The minimum absolute atomic E-state index is 0.111. The van der Waals surface area contributed by atoms with Crippen molar-refractivity contribution in [1.82, 2.24) is 10.2 Å². The van der Waals surface area contributed by atoms with E-state index in [1.807, 2.05) is 30.3 Å². The molecule has 1 aliphatic carbocycles. The van der Waals surface area contributed by atoms with Crippen LogP contribution in [-0.2, 0) is 11.2 Å². The SMILES string of the molecule is CCc1[nH]nc(-c2ccccc2)c1NC(=O)CC1CCCC1. The number of hydrogen-bond donors (Lipinski definition) is 2. The molecule has 0 saturated heterocycles. The zero-order valence-electron chi connectivity index (χ0n) is 13.1. The van der Waals surface area contributed by atoms with Gasteiger partial charge < -0.3 is 5.32 Å². The molecule has 1 saturated carbocycles. The average molecular weight is 297 g/mol. The Morgan fingerprint density at radius 2 is 2.00 bits per heavy atom. The second-order valence-electron chi connectivity index (χ2n) is 6.05. The molecule has 2 aromatic rings. The molecule has 0 radical (unpaired) electrons. The lowest BCUT2D eigenvalue weighted by molar-refractivity contribution is -0.117. The number of carbonyl (C=O) groups excluding carboxylic acids is 1. The number of aromatic nitrogens is 2. The van der Waals surface area contributed by atoms with Gasteiger partial charge in [-0.25, -0.2) is 0 Å². The lowest BCUT2D eigenvalue weighted by atomic mass is 10.0. The maximum atomic E-state index is 12.4. The molecule has 116 valence electrons. The highest BCUT2D eigenvalue weighted by Gasteiger charge is 2.21. The molecule has 0 atom stereocenters. The van der Waals surface area contributed by atoms with E-state index in [-0.39, 0.29) is 5.91 Å². The monoisotopic (exact) mass is 297 g/mol. The van der Waals surface area contributed by atoms with Gasteiger partial charge in [0.15, 0.2) is 0 Å². The van der Waals surface area contributed by atoms with Crippen LogP contribution in [0, 0.1) is 5.92 Å². The third-order valence-electron chi connectivity index (χ3n) is 4.46. The van der Waals surface area contributed by atoms with Crippen LogP contribution in [0.2, 0.25) is 0 Å². The van der Waals surface area contributed by atoms with Crippen LogP contribution in [0.1, 0.15) is 44.7 Å². The number of H-pyrrole nitrogens is 1. The van der Waals surface area contributed by atoms with E-state index >= 15 is 0 Å². The highest BCUT2D eigenvalue weighted by molar-refractivity contribution is 5.95. The Bertz CT molecular complexity index is 627. The summed E-state index contributed by atoms with van der Waals surface area (Å²) in [6.07, 6.45) is 6.34. The summed E-state index contributed by atoms with van der Waals surface area (Å²) >= 11 is 0. The summed E-state index contributed by atoms with van der Waals surface area (Å²) in [4.78, 5) is 12.4. The number of nitrogens with zero attached hydrogens (tertiary/aromatic N) is 1. The minimum Gasteiger partial charge on any atom is -0.323 e.